The molecule has 2 N–H and O–H groups in total. The van der Waals surface area contributed by atoms with Crippen LogP contribution in [0.15, 0.2) is 39.2 Å². The van der Waals surface area contributed by atoms with Crippen LogP contribution in [0.25, 0.3) is 11.3 Å². The summed E-state index contributed by atoms with van der Waals surface area (Å²) in [6, 6.07) is 9.04. The molecular formula is C11H7BrClNOS. The molecule has 5 heteroatoms. The highest BCUT2D eigenvalue weighted by molar-refractivity contribution is 9.10. The lowest BCUT2D eigenvalue weighted by Crippen LogP contribution is -2.07. The summed E-state index contributed by atoms with van der Waals surface area (Å²) in [6.45, 7) is 0. The number of rotatable bonds is 2. The topological polar surface area (TPSA) is 39.2 Å². The molecule has 1 heterocycles. The van der Waals surface area contributed by atoms with Gasteiger partial charge in [-0.2, -0.15) is 0 Å². The van der Waals surface area contributed by atoms with Gasteiger partial charge in [0.1, 0.15) is 10.7 Å². The standard InChI is InChI=1S/C11H7BrClNOS/c12-8-5-6(13)1-2-7(8)9-3-4-10(15-9)11(14)16/h1-5H,(H2,14,16). The van der Waals surface area contributed by atoms with Crippen LogP contribution in [0.5, 0.6) is 0 Å². The molecule has 0 spiro atoms. The van der Waals surface area contributed by atoms with Gasteiger partial charge in [-0.1, -0.05) is 23.8 Å². The molecule has 0 aliphatic heterocycles. The molecule has 2 aromatic rings. The fraction of sp³-hybridized carbons (Fsp3) is 0. The quantitative estimate of drug-likeness (QED) is 0.851. The first-order valence-corrected chi connectivity index (χ1v) is 6.01. The molecular weight excluding hydrogens is 310 g/mol. The van der Waals surface area contributed by atoms with Crippen LogP contribution in [-0.4, -0.2) is 4.99 Å². The number of benzene rings is 1. The first-order valence-electron chi connectivity index (χ1n) is 4.43. The number of thiocarbonyl (C=S) groups is 1. The van der Waals surface area contributed by atoms with Crippen LogP contribution in [0.1, 0.15) is 5.76 Å². The molecule has 16 heavy (non-hydrogen) atoms. The molecule has 0 fully saturated rings. The summed E-state index contributed by atoms with van der Waals surface area (Å²) in [6.07, 6.45) is 0. The van der Waals surface area contributed by atoms with Gasteiger partial charge in [0, 0.05) is 15.1 Å². The average Bonchev–Trinajstić information content (AvgIpc) is 2.66. The van der Waals surface area contributed by atoms with Crippen molar-refractivity contribution in [3.63, 3.8) is 0 Å². The van der Waals surface area contributed by atoms with Crippen molar-refractivity contribution in [2.24, 2.45) is 5.73 Å². The summed E-state index contributed by atoms with van der Waals surface area (Å²) in [5, 5.41) is 0.664. The molecule has 0 saturated heterocycles. The number of hydrogen-bond donors (Lipinski definition) is 1. The van der Waals surface area contributed by atoms with Gasteiger partial charge in [-0.3, -0.25) is 0 Å². The molecule has 82 valence electrons. The molecule has 0 amide bonds. The number of hydrogen-bond acceptors (Lipinski definition) is 2. The average molecular weight is 317 g/mol. The van der Waals surface area contributed by atoms with E-state index in [4.69, 9.17) is 34.0 Å². The minimum atomic E-state index is 0.247. The third-order valence-corrected chi connectivity index (χ3v) is 3.14. The van der Waals surface area contributed by atoms with E-state index in [9.17, 15) is 0 Å². The zero-order valence-corrected chi connectivity index (χ0v) is 11.2. The fourth-order valence-electron chi connectivity index (χ4n) is 1.30. The van der Waals surface area contributed by atoms with Crippen LogP contribution >= 0.6 is 39.7 Å². The van der Waals surface area contributed by atoms with Gasteiger partial charge in [0.25, 0.3) is 0 Å². The molecule has 1 aromatic carbocycles. The first-order chi connectivity index (χ1) is 7.58. The van der Waals surface area contributed by atoms with Crippen molar-refractivity contribution >= 4 is 44.7 Å². The van der Waals surface area contributed by atoms with E-state index in [1.54, 1.807) is 18.2 Å². The number of furan rings is 1. The summed E-state index contributed by atoms with van der Waals surface area (Å²) in [5.41, 5.74) is 6.38. The number of nitrogens with two attached hydrogens (primary N) is 1. The Morgan fingerprint density at radius 3 is 2.62 bits per heavy atom. The molecule has 0 saturated carbocycles. The maximum Gasteiger partial charge on any atom is 0.161 e. The highest BCUT2D eigenvalue weighted by Gasteiger charge is 2.09. The predicted octanol–water partition coefficient (Wildman–Crippen LogP) is 4.00. The second kappa shape index (κ2) is 4.57. The molecule has 0 atom stereocenters. The van der Waals surface area contributed by atoms with Crippen molar-refractivity contribution in [2.75, 3.05) is 0 Å². The summed E-state index contributed by atoms with van der Waals surface area (Å²) in [5.74, 6) is 1.21. The lowest BCUT2D eigenvalue weighted by molar-refractivity contribution is 0.573. The Balaban J connectivity index is 2.46. The van der Waals surface area contributed by atoms with Crippen LogP contribution in [0, 0.1) is 0 Å². The van der Waals surface area contributed by atoms with Crippen molar-refractivity contribution in [3.8, 4) is 11.3 Å². The second-order valence-corrected chi connectivity index (χ2v) is 4.88. The van der Waals surface area contributed by atoms with E-state index in [-0.39, 0.29) is 4.99 Å². The Hall–Kier alpha value is -0.840. The van der Waals surface area contributed by atoms with E-state index in [1.807, 2.05) is 12.1 Å². The Morgan fingerprint density at radius 1 is 1.31 bits per heavy atom. The SMILES string of the molecule is NC(=S)c1ccc(-c2ccc(Cl)cc2Br)o1. The van der Waals surface area contributed by atoms with Crippen molar-refractivity contribution < 1.29 is 4.42 Å². The van der Waals surface area contributed by atoms with Crippen LogP contribution in [0.4, 0.5) is 0 Å². The lowest BCUT2D eigenvalue weighted by atomic mass is 10.2. The van der Waals surface area contributed by atoms with Crippen LogP contribution in [0.2, 0.25) is 5.02 Å². The Labute approximate surface area is 112 Å². The molecule has 0 aliphatic rings. The molecule has 0 radical (unpaired) electrons. The zero-order valence-electron chi connectivity index (χ0n) is 8.04. The van der Waals surface area contributed by atoms with Crippen molar-refractivity contribution in [2.45, 2.75) is 0 Å². The van der Waals surface area contributed by atoms with Gasteiger partial charge in [0.15, 0.2) is 5.76 Å². The van der Waals surface area contributed by atoms with Crippen LogP contribution in [-0.2, 0) is 0 Å². The third kappa shape index (κ3) is 2.29. The van der Waals surface area contributed by atoms with Gasteiger partial charge in [-0.15, -0.1) is 0 Å². The van der Waals surface area contributed by atoms with E-state index in [2.05, 4.69) is 15.9 Å². The summed E-state index contributed by atoms with van der Waals surface area (Å²) < 4.78 is 6.38. The maximum atomic E-state index is 5.86. The molecule has 0 aliphatic carbocycles. The normalized spacial score (nSPS) is 10.4. The van der Waals surface area contributed by atoms with Gasteiger partial charge < -0.3 is 10.2 Å². The summed E-state index contributed by atoms with van der Waals surface area (Å²) in [4.78, 5) is 0.247. The van der Waals surface area contributed by atoms with Gasteiger partial charge in [0.2, 0.25) is 0 Å². The highest BCUT2D eigenvalue weighted by Crippen LogP contribution is 2.31. The minimum absolute atomic E-state index is 0.247. The Bertz CT molecular complexity index is 553. The smallest absolute Gasteiger partial charge is 0.161 e. The van der Waals surface area contributed by atoms with Crippen LogP contribution in [0.3, 0.4) is 0 Å². The summed E-state index contributed by atoms with van der Waals surface area (Å²) in [7, 11) is 0. The minimum Gasteiger partial charge on any atom is -0.454 e. The molecule has 0 unspecified atom stereocenters. The van der Waals surface area contributed by atoms with Crippen molar-refractivity contribution in [3.05, 3.63) is 45.6 Å². The summed E-state index contributed by atoms with van der Waals surface area (Å²) >= 11 is 14.1. The van der Waals surface area contributed by atoms with E-state index in [0.29, 0.717) is 16.5 Å². The zero-order chi connectivity index (χ0) is 11.7. The highest BCUT2D eigenvalue weighted by atomic mass is 79.9. The fourth-order valence-corrected chi connectivity index (χ4v) is 2.29. The van der Waals surface area contributed by atoms with Gasteiger partial charge in [-0.05, 0) is 46.3 Å². The molecule has 0 bridgehead atoms. The molecule has 2 rings (SSSR count). The maximum absolute atomic E-state index is 5.86. The second-order valence-electron chi connectivity index (χ2n) is 3.15. The molecule has 1 aromatic heterocycles. The van der Waals surface area contributed by atoms with E-state index >= 15 is 0 Å². The van der Waals surface area contributed by atoms with Gasteiger partial charge >= 0.3 is 0 Å². The monoisotopic (exact) mass is 315 g/mol. The van der Waals surface area contributed by atoms with E-state index < -0.39 is 0 Å². The Kier molecular flexibility index (Phi) is 3.33. The van der Waals surface area contributed by atoms with Gasteiger partial charge in [-0.25, -0.2) is 0 Å². The van der Waals surface area contributed by atoms with Crippen molar-refractivity contribution in [1.29, 1.82) is 0 Å². The predicted molar refractivity (Wildman–Crippen MR) is 72.7 cm³/mol. The van der Waals surface area contributed by atoms with Crippen molar-refractivity contribution in [1.82, 2.24) is 0 Å². The molecule has 2 nitrogen and oxygen atoms in total. The largest absolute Gasteiger partial charge is 0.454 e. The third-order valence-electron chi connectivity index (χ3n) is 2.05. The van der Waals surface area contributed by atoms with Gasteiger partial charge in [0.05, 0.1) is 0 Å². The Morgan fingerprint density at radius 2 is 2.06 bits per heavy atom. The van der Waals surface area contributed by atoms with E-state index in [0.717, 1.165) is 10.0 Å². The lowest BCUT2D eigenvalue weighted by Gasteiger charge is -2.01. The first kappa shape index (κ1) is 11.6. The number of halogens is 2. The van der Waals surface area contributed by atoms with Crippen LogP contribution < -0.4 is 5.73 Å². The van der Waals surface area contributed by atoms with E-state index in [1.165, 1.54) is 0 Å².